The van der Waals surface area contributed by atoms with Crippen LogP contribution in [0.25, 0.3) is 0 Å². The molecule has 0 saturated heterocycles. The molecule has 2 heterocycles. The van der Waals surface area contributed by atoms with Gasteiger partial charge in [-0.1, -0.05) is 30.3 Å². The summed E-state index contributed by atoms with van der Waals surface area (Å²) in [5, 5.41) is 3.06. The molecular weight excluding hydrogens is 530 g/mol. The zero-order valence-corrected chi connectivity index (χ0v) is 22.7. The van der Waals surface area contributed by atoms with Gasteiger partial charge in [0.25, 0.3) is 5.91 Å². The molecule has 10 nitrogen and oxygen atoms in total. The van der Waals surface area contributed by atoms with Crippen molar-refractivity contribution >= 4 is 44.3 Å². The number of sulfonamides is 1. The zero-order chi connectivity index (χ0) is 27.4. The Morgan fingerprint density at radius 2 is 1.71 bits per heavy atom. The summed E-state index contributed by atoms with van der Waals surface area (Å²) in [6, 6.07) is 14.8. The lowest BCUT2D eigenvalue weighted by Crippen LogP contribution is -2.35. The molecule has 0 radical (unpaired) electrons. The Morgan fingerprint density at radius 1 is 1.03 bits per heavy atom. The fourth-order valence-electron chi connectivity index (χ4n) is 4.15. The molecule has 2 aromatic carbocycles. The monoisotopic (exact) mass is 557 g/mol. The molecule has 200 valence electrons. The van der Waals surface area contributed by atoms with Gasteiger partial charge in [0, 0.05) is 30.6 Å². The van der Waals surface area contributed by atoms with Gasteiger partial charge in [0.15, 0.2) is 0 Å². The number of nitrogens with zero attached hydrogens (tertiary/aromatic N) is 2. The molecule has 3 aromatic rings. The van der Waals surface area contributed by atoms with Crippen molar-refractivity contribution in [1.82, 2.24) is 9.21 Å². The lowest BCUT2D eigenvalue weighted by Gasteiger charge is -2.25. The molecular formula is C26H27N3O7S2. The molecule has 4 rings (SSSR count). The Bertz CT molecular complexity index is 1450. The predicted molar refractivity (Wildman–Crippen MR) is 142 cm³/mol. The van der Waals surface area contributed by atoms with E-state index in [-0.39, 0.29) is 29.1 Å². The van der Waals surface area contributed by atoms with Crippen molar-refractivity contribution in [2.24, 2.45) is 0 Å². The molecule has 0 saturated carbocycles. The quantitative estimate of drug-likeness (QED) is 0.439. The van der Waals surface area contributed by atoms with Gasteiger partial charge < -0.3 is 19.7 Å². The van der Waals surface area contributed by atoms with Gasteiger partial charge in [-0.3, -0.25) is 4.79 Å². The van der Waals surface area contributed by atoms with Crippen molar-refractivity contribution in [3.8, 4) is 0 Å². The summed E-state index contributed by atoms with van der Waals surface area (Å²) in [6.07, 6.45) is -0.0664. The van der Waals surface area contributed by atoms with Crippen molar-refractivity contribution in [3.05, 3.63) is 81.7 Å². The minimum atomic E-state index is -3.78. The molecule has 0 spiro atoms. The van der Waals surface area contributed by atoms with Crippen molar-refractivity contribution in [3.63, 3.8) is 0 Å². The van der Waals surface area contributed by atoms with Crippen LogP contribution in [0.5, 0.6) is 0 Å². The molecule has 0 bridgehead atoms. The summed E-state index contributed by atoms with van der Waals surface area (Å²) in [5.41, 5.74) is 2.05. The van der Waals surface area contributed by atoms with Crippen molar-refractivity contribution < 1.29 is 32.3 Å². The number of carbonyl (C=O) groups excluding carboxylic acids is 3. The van der Waals surface area contributed by atoms with Crippen LogP contribution in [-0.4, -0.2) is 63.4 Å². The van der Waals surface area contributed by atoms with Crippen molar-refractivity contribution in [1.29, 1.82) is 0 Å². The van der Waals surface area contributed by atoms with Crippen LogP contribution < -0.4 is 5.32 Å². The molecule has 1 aliphatic heterocycles. The van der Waals surface area contributed by atoms with Gasteiger partial charge in [-0.15, -0.1) is 11.3 Å². The first-order valence-corrected chi connectivity index (χ1v) is 13.9. The van der Waals surface area contributed by atoms with E-state index in [0.717, 1.165) is 16.0 Å². The first-order valence-electron chi connectivity index (χ1n) is 11.6. The summed E-state index contributed by atoms with van der Waals surface area (Å²) in [6.45, 7) is 0.816. The predicted octanol–water partition coefficient (Wildman–Crippen LogP) is 3.73. The highest BCUT2D eigenvalue weighted by Crippen LogP contribution is 2.38. The van der Waals surface area contributed by atoms with Crippen LogP contribution in [0.1, 0.15) is 36.7 Å². The van der Waals surface area contributed by atoms with Gasteiger partial charge in [-0.05, 0) is 41.8 Å². The highest BCUT2D eigenvalue weighted by molar-refractivity contribution is 7.89. The fraction of sp³-hybridized carbons (Fsp3) is 0.269. The van der Waals surface area contributed by atoms with E-state index < -0.39 is 28.0 Å². The average molecular weight is 558 g/mol. The fourth-order valence-corrected chi connectivity index (χ4v) is 6.56. The third kappa shape index (κ3) is 5.57. The Kier molecular flexibility index (Phi) is 8.14. The second kappa shape index (κ2) is 11.3. The first kappa shape index (κ1) is 27.3. The van der Waals surface area contributed by atoms with Gasteiger partial charge in [0.2, 0.25) is 10.0 Å². The largest absolute Gasteiger partial charge is 0.465 e. The lowest BCUT2D eigenvalue weighted by atomic mass is 10.0. The van der Waals surface area contributed by atoms with Crippen LogP contribution in [0.4, 0.5) is 9.80 Å². The number of methoxy groups -OCH3 is 2. The van der Waals surface area contributed by atoms with Gasteiger partial charge >= 0.3 is 12.1 Å². The Hall–Kier alpha value is -3.74. The number of rotatable bonds is 7. The van der Waals surface area contributed by atoms with Crippen LogP contribution >= 0.6 is 11.3 Å². The van der Waals surface area contributed by atoms with E-state index in [1.54, 1.807) is 0 Å². The van der Waals surface area contributed by atoms with E-state index in [2.05, 4.69) is 5.32 Å². The van der Waals surface area contributed by atoms with E-state index in [9.17, 15) is 22.8 Å². The van der Waals surface area contributed by atoms with Crippen molar-refractivity contribution in [2.45, 2.75) is 24.4 Å². The number of fused-ring (bicyclic) bond motifs is 1. The average Bonchev–Trinajstić information content (AvgIpc) is 3.29. The SMILES string of the molecule is COC(=O)c1c(NC(=O)c2ccc(S(=O)(=O)N(C)Cc3ccccc3)cc2)sc2c1CCN(C(=O)OC)C2. The van der Waals surface area contributed by atoms with Crippen LogP contribution in [0, 0.1) is 0 Å². The number of esters is 1. The highest BCUT2D eigenvalue weighted by atomic mass is 32.2. The number of thiophene rings is 1. The third-order valence-corrected chi connectivity index (χ3v) is 9.13. The molecule has 0 unspecified atom stereocenters. The van der Waals surface area contributed by atoms with E-state index in [0.29, 0.717) is 18.0 Å². The molecule has 1 N–H and O–H groups in total. The highest BCUT2D eigenvalue weighted by Gasteiger charge is 2.31. The summed E-state index contributed by atoms with van der Waals surface area (Å²) < 4.78 is 37.0. The van der Waals surface area contributed by atoms with E-state index in [4.69, 9.17) is 9.47 Å². The molecule has 1 aliphatic rings. The number of anilines is 1. The number of benzene rings is 2. The van der Waals surface area contributed by atoms with Gasteiger partial charge in [0.05, 0.1) is 31.2 Å². The molecule has 2 amide bonds. The molecule has 12 heteroatoms. The van der Waals surface area contributed by atoms with E-state index in [1.807, 2.05) is 30.3 Å². The van der Waals surface area contributed by atoms with Gasteiger partial charge in [0.1, 0.15) is 5.00 Å². The Morgan fingerprint density at radius 3 is 2.34 bits per heavy atom. The van der Waals surface area contributed by atoms with Gasteiger partial charge in [-0.2, -0.15) is 4.31 Å². The topological polar surface area (TPSA) is 122 Å². The molecule has 0 fully saturated rings. The number of amides is 2. The standard InChI is InChI=1S/C26H27N3O7S2/c1-28(15-17-7-5-4-6-8-17)38(33,34)19-11-9-18(10-12-19)23(30)27-24-22(25(31)35-2)20-13-14-29(26(32)36-3)16-21(20)37-24/h4-12H,13-16H2,1-3H3,(H,27,30). The lowest BCUT2D eigenvalue weighted by molar-refractivity contribution is 0.0600. The number of hydrogen-bond donors (Lipinski definition) is 1. The van der Waals surface area contributed by atoms with Crippen LogP contribution in [0.2, 0.25) is 0 Å². The van der Waals surface area contributed by atoms with Crippen LogP contribution in [-0.2, 0) is 39.0 Å². The van der Waals surface area contributed by atoms with E-state index >= 15 is 0 Å². The molecule has 0 atom stereocenters. The number of hydrogen-bond acceptors (Lipinski definition) is 8. The minimum absolute atomic E-state index is 0.0530. The van der Waals surface area contributed by atoms with Crippen LogP contribution in [0.15, 0.2) is 59.5 Å². The second-order valence-corrected chi connectivity index (χ2v) is 11.7. The molecule has 38 heavy (non-hydrogen) atoms. The number of nitrogens with one attached hydrogen (secondary N) is 1. The maximum atomic E-state index is 13.0. The summed E-state index contributed by atoms with van der Waals surface area (Å²) in [4.78, 5) is 39.9. The first-order chi connectivity index (χ1) is 18.1. The van der Waals surface area contributed by atoms with Crippen molar-refractivity contribution in [2.75, 3.05) is 33.1 Å². The second-order valence-electron chi connectivity index (χ2n) is 8.57. The number of ether oxygens (including phenoxy) is 2. The minimum Gasteiger partial charge on any atom is -0.465 e. The van der Waals surface area contributed by atoms with E-state index in [1.165, 1.54) is 66.1 Å². The third-order valence-electron chi connectivity index (χ3n) is 6.18. The maximum Gasteiger partial charge on any atom is 0.409 e. The normalized spacial score (nSPS) is 13.1. The Labute approximate surface area is 224 Å². The summed E-state index contributed by atoms with van der Waals surface area (Å²) in [7, 11) is 0.281. The number of carbonyl (C=O) groups is 3. The molecule has 1 aromatic heterocycles. The maximum absolute atomic E-state index is 13.0. The molecule has 0 aliphatic carbocycles. The van der Waals surface area contributed by atoms with Gasteiger partial charge in [-0.25, -0.2) is 18.0 Å². The summed E-state index contributed by atoms with van der Waals surface area (Å²) in [5.74, 6) is -1.10. The smallest absolute Gasteiger partial charge is 0.409 e. The summed E-state index contributed by atoms with van der Waals surface area (Å²) >= 11 is 1.19. The Balaban J connectivity index is 1.53. The zero-order valence-electron chi connectivity index (χ0n) is 21.1. The van der Waals surface area contributed by atoms with Crippen LogP contribution in [0.3, 0.4) is 0 Å².